The van der Waals surface area contributed by atoms with Gasteiger partial charge in [-0.1, -0.05) is 18.2 Å². The van der Waals surface area contributed by atoms with Crippen molar-refractivity contribution in [1.82, 2.24) is 19.7 Å². The van der Waals surface area contributed by atoms with E-state index in [1.165, 1.54) is 0 Å². The standard InChI is InChI=1S/C18H20N4O2/c1-13(24-3)12-21(2)18(23)17-16(9-6-10-19-17)22-15-8-5-4-7-14(15)11-20-22/h4-11,13H,12H2,1-3H3. The number of fused-ring (bicyclic) bond motifs is 1. The van der Waals surface area contributed by atoms with E-state index in [1.54, 1.807) is 42.2 Å². The molecule has 3 rings (SSSR count). The SMILES string of the molecule is COC(C)CN(C)C(=O)c1ncccc1-n1ncc2ccccc21. The van der Waals surface area contributed by atoms with E-state index in [1.807, 2.05) is 37.3 Å². The molecule has 0 aliphatic heterocycles. The molecule has 0 N–H and O–H groups in total. The third-order valence-corrected chi connectivity index (χ3v) is 3.97. The largest absolute Gasteiger partial charge is 0.380 e. The van der Waals surface area contributed by atoms with E-state index in [2.05, 4.69) is 10.1 Å². The summed E-state index contributed by atoms with van der Waals surface area (Å²) in [6, 6.07) is 11.5. The van der Waals surface area contributed by atoms with Crippen molar-refractivity contribution in [2.24, 2.45) is 0 Å². The van der Waals surface area contributed by atoms with Gasteiger partial charge in [0, 0.05) is 32.3 Å². The number of nitrogens with zero attached hydrogens (tertiary/aromatic N) is 4. The van der Waals surface area contributed by atoms with E-state index in [0.29, 0.717) is 17.9 Å². The fourth-order valence-corrected chi connectivity index (χ4v) is 2.62. The number of carbonyl (C=O) groups excluding carboxylic acids is 1. The Hall–Kier alpha value is -2.73. The van der Waals surface area contributed by atoms with Crippen molar-refractivity contribution in [3.63, 3.8) is 0 Å². The predicted octanol–water partition coefficient (Wildman–Crippen LogP) is 2.53. The van der Waals surface area contributed by atoms with Crippen LogP contribution in [0.25, 0.3) is 16.6 Å². The van der Waals surface area contributed by atoms with Gasteiger partial charge >= 0.3 is 0 Å². The number of hydrogen-bond donors (Lipinski definition) is 0. The second-order valence-corrected chi connectivity index (χ2v) is 5.72. The normalized spacial score (nSPS) is 12.3. The van der Waals surface area contributed by atoms with Crippen LogP contribution in [0.1, 0.15) is 17.4 Å². The second-order valence-electron chi connectivity index (χ2n) is 5.72. The first kappa shape index (κ1) is 16.1. The molecule has 6 nitrogen and oxygen atoms in total. The zero-order valence-electron chi connectivity index (χ0n) is 14.0. The first-order valence-electron chi connectivity index (χ1n) is 7.78. The summed E-state index contributed by atoms with van der Waals surface area (Å²) in [6.07, 6.45) is 3.36. The molecule has 0 spiro atoms. The zero-order chi connectivity index (χ0) is 17.1. The Bertz CT molecular complexity index is 859. The lowest BCUT2D eigenvalue weighted by Crippen LogP contribution is -2.35. The van der Waals surface area contributed by atoms with Gasteiger partial charge in [-0.05, 0) is 25.1 Å². The highest BCUT2D eigenvalue weighted by molar-refractivity contribution is 5.96. The van der Waals surface area contributed by atoms with Crippen LogP contribution in [-0.2, 0) is 4.74 Å². The maximum absolute atomic E-state index is 12.8. The minimum Gasteiger partial charge on any atom is -0.380 e. The van der Waals surface area contributed by atoms with Gasteiger partial charge in [-0.3, -0.25) is 4.79 Å². The van der Waals surface area contributed by atoms with E-state index < -0.39 is 0 Å². The van der Waals surface area contributed by atoms with Gasteiger partial charge in [-0.2, -0.15) is 5.10 Å². The highest BCUT2D eigenvalue weighted by Gasteiger charge is 2.20. The number of benzene rings is 1. The summed E-state index contributed by atoms with van der Waals surface area (Å²) in [5, 5.41) is 5.44. The van der Waals surface area contributed by atoms with Crippen molar-refractivity contribution in [2.45, 2.75) is 13.0 Å². The lowest BCUT2D eigenvalue weighted by Gasteiger charge is -2.21. The van der Waals surface area contributed by atoms with E-state index in [-0.39, 0.29) is 12.0 Å². The Morgan fingerprint density at radius 3 is 2.88 bits per heavy atom. The van der Waals surface area contributed by atoms with Crippen molar-refractivity contribution in [3.8, 4) is 5.69 Å². The van der Waals surface area contributed by atoms with Crippen LogP contribution in [-0.4, -0.2) is 52.4 Å². The molecule has 1 unspecified atom stereocenters. The summed E-state index contributed by atoms with van der Waals surface area (Å²) >= 11 is 0. The minimum atomic E-state index is -0.158. The lowest BCUT2D eigenvalue weighted by molar-refractivity contribution is 0.0595. The highest BCUT2D eigenvalue weighted by atomic mass is 16.5. The van der Waals surface area contributed by atoms with E-state index >= 15 is 0 Å². The summed E-state index contributed by atoms with van der Waals surface area (Å²) in [6.45, 7) is 2.41. The summed E-state index contributed by atoms with van der Waals surface area (Å²) in [5.74, 6) is -0.158. The number of carbonyl (C=O) groups is 1. The highest BCUT2D eigenvalue weighted by Crippen LogP contribution is 2.20. The first-order valence-corrected chi connectivity index (χ1v) is 7.78. The average molecular weight is 324 g/mol. The van der Waals surface area contributed by atoms with Gasteiger partial charge in [0.05, 0.1) is 23.5 Å². The molecule has 24 heavy (non-hydrogen) atoms. The van der Waals surface area contributed by atoms with Crippen molar-refractivity contribution >= 4 is 16.8 Å². The van der Waals surface area contributed by atoms with Crippen molar-refractivity contribution < 1.29 is 9.53 Å². The molecule has 0 aliphatic carbocycles. The van der Waals surface area contributed by atoms with E-state index in [9.17, 15) is 4.79 Å². The van der Waals surface area contributed by atoms with Crippen LogP contribution in [0.15, 0.2) is 48.8 Å². The third kappa shape index (κ3) is 3.00. The number of ether oxygens (including phenoxy) is 1. The third-order valence-electron chi connectivity index (χ3n) is 3.97. The number of pyridine rings is 1. The Labute approximate surface area is 140 Å². The van der Waals surface area contributed by atoms with Gasteiger partial charge in [-0.15, -0.1) is 0 Å². The molecule has 0 saturated carbocycles. The smallest absolute Gasteiger partial charge is 0.274 e. The van der Waals surface area contributed by atoms with Crippen molar-refractivity contribution in [3.05, 3.63) is 54.5 Å². The molecule has 3 aromatic rings. The summed E-state index contributed by atoms with van der Waals surface area (Å²) in [4.78, 5) is 18.7. The fraction of sp³-hybridized carbons (Fsp3) is 0.278. The van der Waals surface area contributed by atoms with Gasteiger partial charge in [0.2, 0.25) is 0 Å². The molecular weight excluding hydrogens is 304 g/mol. The molecule has 0 saturated heterocycles. The van der Waals surface area contributed by atoms with Crippen LogP contribution < -0.4 is 0 Å². The number of methoxy groups -OCH3 is 1. The van der Waals surface area contributed by atoms with Gasteiger partial charge in [0.25, 0.3) is 5.91 Å². The fourth-order valence-electron chi connectivity index (χ4n) is 2.62. The molecular formula is C18H20N4O2. The van der Waals surface area contributed by atoms with Crippen LogP contribution in [0.2, 0.25) is 0 Å². The quantitative estimate of drug-likeness (QED) is 0.723. The van der Waals surface area contributed by atoms with Gasteiger partial charge in [0.1, 0.15) is 0 Å². The molecule has 124 valence electrons. The second kappa shape index (κ2) is 6.80. The Balaban J connectivity index is 2.01. The molecule has 0 fully saturated rings. The van der Waals surface area contributed by atoms with E-state index in [0.717, 1.165) is 10.9 Å². The molecule has 0 radical (unpaired) electrons. The minimum absolute atomic E-state index is 0.0448. The molecule has 1 aromatic carbocycles. The molecule has 2 heterocycles. The number of likely N-dealkylation sites (N-methyl/N-ethyl adjacent to an activating group) is 1. The summed E-state index contributed by atoms with van der Waals surface area (Å²) in [5.41, 5.74) is 1.98. The topological polar surface area (TPSA) is 60.2 Å². The monoisotopic (exact) mass is 324 g/mol. The predicted molar refractivity (Wildman–Crippen MR) is 92.3 cm³/mol. The number of rotatable bonds is 5. The van der Waals surface area contributed by atoms with Gasteiger partial charge in [-0.25, -0.2) is 9.67 Å². The summed E-state index contributed by atoms with van der Waals surface area (Å²) in [7, 11) is 3.38. The molecule has 1 atom stereocenters. The van der Waals surface area contributed by atoms with Crippen LogP contribution >= 0.6 is 0 Å². The molecule has 2 aromatic heterocycles. The van der Waals surface area contributed by atoms with Crippen LogP contribution in [0.3, 0.4) is 0 Å². The lowest BCUT2D eigenvalue weighted by atomic mass is 10.2. The van der Waals surface area contributed by atoms with Gasteiger partial charge in [0.15, 0.2) is 5.69 Å². The van der Waals surface area contributed by atoms with Crippen LogP contribution in [0.4, 0.5) is 0 Å². The maximum atomic E-state index is 12.8. The van der Waals surface area contributed by atoms with Crippen LogP contribution in [0, 0.1) is 0 Å². The Morgan fingerprint density at radius 1 is 1.29 bits per heavy atom. The van der Waals surface area contributed by atoms with Crippen LogP contribution in [0.5, 0.6) is 0 Å². The molecule has 1 amide bonds. The zero-order valence-corrected chi connectivity index (χ0v) is 14.0. The molecule has 0 bridgehead atoms. The summed E-state index contributed by atoms with van der Waals surface area (Å²) < 4.78 is 6.99. The Morgan fingerprint density at radius 2 is 2.08 bits per heavy atom. The number of hydrogen-bond acceptors (Lipinski definition) is 4. The van der Waals surface area contributed by atoms with Crippen molar-refractivity contribution in [2.75, 3.05) is 20.7 Å². The number of amides is 1. The van der Waals surface area contributed by atoms with E-state index in [4.69, 9.17) is 4.74 Å². The maximum Gasteiger partial charge on any atom is 0.274 e. The molecule has 6 heteroatoms. The molecule has 0 aliphatic rings. The average Bonchev–Trinajstić information content (AvgIpc) is 3.04. The first-order chi connectivity index (χ1) is 11.6. The van der Waals surface area contributed by atoms with Gasteiger partial charge < -0.3 is 9.64 Å². The van der Waals surface area contributed by atoms with Crippen molar-refractivity contribution in [1.29, 1.82) is 0 Å². The Kier molecular flexibility index (Phi) is 4.57. The number of para-hydroxylation sites is 1. The number of aromatic nitrogens is 3.